The quantitative estimate of drug-likeness (QED) is 0.859. The van der Waals surface area contributed by atoms with Crippen molar-refractivity contribution in [2.24, 2.45) is 0 Å². The second-order valence-electron chi connectivity index (χ2n) is 6.10. The molecule has 0 saturated heterocycles. The zero-order valence-electron chi connectivity index (χ0n) is 14.9. The van der Waals surface area contributed by atoms with Gasteiger partial charge in [-0.25, -0.2) is 4.98 Å². The topological polar surface area (TPSA) is 97.5 Å². The van der Waals surface area contributed by atoms with E-state index < -0.39 is 6.10 Å². The average Bonchev–Trinajstić information content (AvgIpc) is 2.64. The number of ether oxygens (including phenoxy) is 1. The van der Waals surface area contributed by atoms with E-state index in [2.05, 4.69) is 17.2 Å². The smallest absolute Gasteiger partial charge is 0.269 e. The molecule has 3 N–H and O–H groups in total. The van der Waals surface area contributed by atoms with E-state index in [1.54, 1.807) is 12.1 Å². The van der Waals surface area contributed by atoms with Gasteiger partial charge in [0.25, 0.3) is 5.91 Å². The number of nitrogen functional groups attached to an aromatic ring is 1. The number of nitrogens with one attached hydrogen (secondary N) is 1. The van der Waals surface area contributed by atoms with Crippen LogP contribution in [0.1, 0.15) is 25.8 Å². The molecule has 7 heteroatoms. The van der Waals surface area contributed by atoms with E-state index in [-0.39, 0.29) is 30.0 Å². The van der Waals surface area contributed by atoms with Crippen molar-refractivity contribution in [1.82, 2.24) is 4.98 Å². The number of pyridine rings is 1. The van der Waals surface area contributed by atoms with Crippen LogP contribution in [0.15, 0.2) is 36.4 Å². The maximum absolute atomic E-state index is 12.6. The molecule has 0 aliphatic carbocycles. The highest BCUT2D eigenvalue weighted by atomic mass is 16.5. The van der Waals surface area contributed by atoms with Crippen LogP contribution in [0.2, 0.25) is 0 Å². The summed E-state index contributed by atoms with van der Waals surface area (Å²) in [4.78, 5) is 30.6. The summed E-state index contributed by atoms with van der Waals surface area (Å²) < 4.78 is 5.66. The van der Waals surface area contributed by atoms with Crippen LogP contribution in [0, 0.1) is 0 Å². The lowest BCUT2D eigenvalue weighted by Crippen LogP contribution is -2.49. The summed E-state index contributed by atoms with van der Waals surface area (Å²) >= 11 is 0. The molecular weight excluding hydrogens is 332 g/mol. The van der Waals surface area contributed by atoms with E-state index in [0.29, 0.717) is 17.9 Å². The number of aromatic nitrogens is 1. The van der Waals surface area contributed by atoms with Gasteiger partial charge in [-0.2, -0.15) is 0 Å². The minimum atomic E-state index is -0.635. The van der Waals surface area contributed by atoms with Crippen molar-refractivity contribution < 1.29 is 14.3 Å². The monoisotopic (exact) mass is 354 g/mol. The molecule has 0 spiro atoms. The number of nitrogens with two attached hydrogens (primary N) is 1. The van der Waals surface area contributed by atoms with Gasteiger partial charge in [-0.3, -0.25) is 14.5 Å². The fourth-order valence-corrected chi connectivity index (χ4v) is 2.80. The summed E-state index contributed by atoms with van der Waals surface area (Å²) in [6.07, 6.45) is 0.794. The van der Waals surface area contributed by atoms with Crippen LogP contribution in [0.3, 0.4) is 0 Å². The van der Waals surface area contributed by atoms with E-state index in [4.69, 9.17) is 10.5 Å². The van der Waals surface area contributed by atoms with Gasteiger partial charge in [0.1, 0.15) is 12.4 Å². The van der Waals surface area contributed by atoms with Crippen molar-refractivity contribution in [3.05, 3.63) is 42.0 Å². The molecule has 0 saturated carbocycles. The summed E-state index contributed by atoms with van der Waals surface area (Å²) in [7, 11) is 0. The highest BCUT2D eigenvalue weighted by Crippen LogP contribution is 2.33. The number of nitrogens with zero attached hydrogens (tertiary/aromatic N) is 2. The minimum absolute atomic E-state index is 0.155. The Morgan fingerprint density at radius 2 is 1.96 bits per heavy atom. The van der Waals surface area contributed by atoms with Crippen LogP contribution in [-0.2, 0) is 16.0 Å². The van der Waals surface area contributed by atoms with Gasteiger partial charge in [0.15, 0.2) is 17.7 Å². The third kappa shape index (κ3) is 3.61. The zero-order chi connectivity index (χ0) is 18.7. The zero-order valence-corrected chi connectivity index (χ0v) is 14.9. The predicted octanol–water partition coefficient (Wildman–Crippen LogP) is 2.37. The van der Waals surface area contributed by atoms with E-state index in [0.717, 1.165) is 6.42 Å². The van der Waals surface area contributed by atoms with Crippen LogP contribution >= 0.6 is 0 Å². The van der Waals surface area contributed by atoms with Crippen molar-refractivity contribution in [3.63, 3.8) is 0 Å². The van der Waals surface area contributed by atoms with E-state index in [9.17, 15) is 9.59 Å². The predicted molar refractivity (Wildman–Crippen MR) is 100 cm³/mol. The molecule has 0 fully saturated rings. The van der Waals surface area contributed by atoms with E-state index >= 15 is 0 Å². The lowest BCUT2D eigenvalue weighted by Gasteiger charge is -2.32. The summed E-state index contributed by atoms with van der Waals surface area (Å²) in [5.74, 6) is 0.377. The number of amides is 2. The number of hydrogen-bond acceptors (Lipinski definition) is 5. The number of rotatable bonds is 5. The van der Waals surface area contributed by atoms with Crippen LogP contribution < -0.4 is 20.7 Å². The van der Waals surface area contributed by atoms with E-state index in [1.807, 2.05) is 31.2 Å². The SMILES string of the molecule is CCc1ccc(NC(=O)CN2C(=O)C(CC)Oc3ccc(N)nc32)cc1. The van der Waals surface area contributed by atoms with Crippen LogP contribution in [0.4, 0.5) is 17.3 Å². The third-order valence-corrected chi connectivity index (χ3v) is 4.25. The maximum atomic E-state index is 12.6. The number of aryl methyl sites for hydroxylation is 1. The first-order chi connectivity index (χ1) is 12.5. The minimum Gasteiger partial charge on any atom is -0.477 e. The molecule has 26 heavy (non-hydrogen) atoms. The van der Waals surface area contributed by atoms with Crippen LogP contribution in [0.25, 0.3) is 0 Å². The van der Waals surface area contributed by atoms with Crippen molar-refractivity contribution in [2.75, 3.05) is 22.5 Å². The molecule has 1 aromatic carbocycles. The van der Waals surface area contributed by atoms with Gasteiger partial charge < -0.3 is 15.8 Å². The summed E-state index contributed by atoms with van der Waals surface area (Å²) in [6, 6.07) is 10.9. The standard InChI is InChI=1S/C19H22N4O3/c1-3-12-5-7-13(8-6-12)21-17(24)11-23-18-15(9-10-16(20)22-18)26-14(4-2)19(23)25/h5-10,14H,3-4,11H2,1-2H3,(H2,20,22)(H,21,24). The molecule has 0 radical (unpaired) electrons. The Balaban J connectivity index is 1.79. The Labute approximate surface area is 152 Å². The Kier molecular flexibility index (Phi) is 5.06. The summed E-state index contributed by atoms with van der Waals surface area (Å²) in [5.41, 5.74) is 7.60. The second kappa shape index (κ2) is 7.43. The van der Waals surface area contributed by atoms with E-state index in [1.165, 1.54) is 10.5 Å². The molecule has 1 unspecified atom stereocenters. The molecule has 3 rings (SSSR count). The lowest BCUT2D eigenvalue weighted by molar-refractivity contribution is -0.128. The molecule has 2 amide bonds. The molecule has 2 heterocycles. The summed E-state index contributed by atoms with van der Waals surface area (Å²) in [6.45, 7) is 3.77. The Hall–Kier alpha value is -3.09. The second-order valence-corrected chi connectivity index (χ2v) is 6.10. The molecule has 2 aromatic rings. The lowest BCUT2D eigenvalue weighted by atomic mass is 10.1. The number of hydrogen-bond donors (Lipinski definition) is 2. The first kappa shape index (κ1) is 17.7. The van der Waals surface area contributed by atoms with Gasteiger partial charge >= 0.3 is 0 Å². The molecule has 136 valence electrons. The first-order valence-corrected chi connectivity index (χ1v) is 8.65. The first-order valence-electron chi connectivity index (χ1n) is 8.65. The average molecular weight is 354 g/mol. The van der Waals surface area contributed by atoms with Gasteiger partial charge in [-0.15, -0.1) is 0 Å². The van der Waals surface area contributed by atoms with Gasteiger partial charge in [-0.05, 0) is 42.7 Å². The number of fused-ring (bicyclic) bond motifs is 1. The Morgan fingerprint density at radius 3 is 2.62 bits per heavy atom. The van der Waals surface area contributed by atoms with Crippen molar-refractivity contribution in [3.8, 4) is 5.75 Å². The van der Waals surface area contributed by atoms with Crippen molar-refractivity contribution in [1.29, 1.82) is 0 Å². The van der Waals surface area contributed by atoms with Crippen molar-refractivity contribution >= 4 is 29.1 Å². The summed E-state index contributed by atoms with van der Waals surface area (Å²) in [5, 5.41) is 2.81. The Morgan fingerprint density at radius 1 is 1.23 bits per heavy atom. The molecule has 1 aromatic heterocycles. The molecule has 1 aliphatic rings. The van der Waals surface area contributed by atoms with Crippen LogP contribution in [-0.4, -0.2) is 29.4 Å². The largest absolute Gasteiger partial charge is 0.477 e. The van der Waals surface area contributed by atoms with Gasteiger partial charge in [0.2, 0.25) is 5.91 Å². The highest BCUT2D eigenvalue weighted by molar-refractivity contribution is 6.05. The Bertz CT molecular complexity index is 820. The maximum Gasteiger partial charge on any atom is 0.269 e. The fourth-order valence-electron chi connectivity index (χ4n) is 2.80. The molecule has 0 bridgehead atoms. The number of carbonyl (C=O) groups excluding carboxylic acids is 2. The molecule has 1 atom stereocenters. The van der Waals surface area contributed by atoms with Gasteiger partial charge in [0, 0.05) is 5.69 Å². The molecule has 1 aliphatic heterocycles. The number of benzene rings is 1. The fraction of sp³-hybridized carbons (Fsp3) is 0.316. The molecular formula is C19H22N4O3. The van der Waals surface area contributed by atoms with Gasteiger partial charge in [0.05, 0.1) is 0 Å². The normalized spacial score (nSPS) is 16.0. The van der Waals surface area contributed by atoms with Crippen LogP contribution in [0.5, 0.6) is 5.75 Å². The molecule has 7 nitrogen and oxygen atoms in total. The van der Waals surface area contributed by atoms with Crippen molar-refractivity contribution in [2.45, 2.75) is 32.8 Å². The highest BCUT2D eigenvalue weighted by Gasteiger charge is 2.35. The number of anilines is 3. The van der Waals surface area contributed by atoms with Gasteiger partial charge in [-0.1, -0.05) is 26.0 Å². The number of carbonyl (C=O) groups is 2. The third-order valence-electron chi connectivity index (χ3n) is 4.25.